The van der Waals surface area contributed by atoms with Crippen LogP contribution in [0, 0.1) is 0 Å². The van der Waals surface area contributed by atoms with E-state index in [-0.39, 0.29) is 48.0 Å². The Hall–Kier alpha value is -1.05. The van der Waals surface area contributed by atoms with Crippen LogP contribution < -0.4 is 10.6 Å². The van der Waals surface area contributed by atoms with Gasteiger partial charge in [-0.25, -0.2) is 4.98 Å². The summed E-state index contributed by atoms with van der Waals surface area (Å²) in [4.78, 5) is 16.6. The number of aromatic nitrogens is 2. The highest BCUT2D eigenvalue weighted by Crippen LogP contribution is 2.18. The molecule has 0 aliphatic carbocycles. The van der Waals surface area contributed by atoms with Gasteiger partial charge in [0.1, 0.15) is 5.65 Å². The molecule has 2 aromatic heterocycles. The number of ether oxygens (including phenoxy) is 1. The lowest BCUT2D eigenvalue weighted by atomic mass is 10.2. The highest BCUT2D eigenvalue weighted by atomic mass is 35.5. The number of carbonyl (C=O) groups excluding carboxylic acids is 1. The first kappa shape index (κ1) is 19.0. The summed E-state index contributed by atoms with van der Waals surface area (Å²) in [6.45, 7) is 1.40. The maximum absolute atomic E-state index is 12.4. The van der Waals surface area contributed by atoms with Gasteiger partial charge in [-0.05, 0) is 12.1 Å². The van der Waals surface area contributed by atoms with Gasteiger partial charge < -0.3 is 15.4 Å². The van der Waals surface area contributed by atoms with Crippen LogP contribution in [-0.4, -0.2) is 47.6 Å². The van der Waals surface area contributed by atoms with Gasteiger partial charge in [0.15, 0.2) is 10.8 Å². The molecule has 0 saturated carbocycles. The van der Waals surface area contributed by atoms with Crippen molar-refractivity contribution in [3.8, 4) is 0 Å². The van der Waals surface area contributed by atoms with E-state index in [0.29, 0.717) is 17.9 Å². The summed E-state index contributed by atoms with van der Waals surface area (Å²) in [7, 11) is 1.64. The number of pyridine rings is 1. The Bertz CT molecular complexity index is 649. The van der Waals surface area contributed by atoms with Gasteiger partial charge in [0.25, 0.3) is 5.91 Å². The SMILES string of the molecule is COC1CNCC1NC(=O)c1c(Cl)nc2ccccn12.Cl.Cl. The molecule has 6 nitrogen and oxygen atoms in total. The average molecular weight is 368 g/mol. The van der Waals surface area contributed by atoms with E-state index in [0.717, 1.165) is 6.54 Å². The minimum Gasteiger partial charge on any atom is -0.378 e. The second-order valence-corrected chi connectivity index (χ2v) is 5.05. The molecule has 0 aromatic carbocycles. The molecule has 1 amide bonds. The number of imidazole rings is 1. The molecular formula is C13H17Cl3N4O2. The van der Waals surface area contributed by atoms with Gasteiger partial charge in [-0.15, -0.1) is 24.8 Å². The van der Waals surface area contributed by atoms with Crippen molar-refractivity contribution in [2.24, 2.45) is 0 Å². The van der Waals surface area contributed by atoms with Crippen LogP contribution in [0.15, 0.2) is 24.4 Å². The topological polar surface area (TPSA) is 67.7 Å². The third-order valence-corrected chi connectivity index (χ3v) is 3.74. The van der Waals surface area contributed by atoms with Crippen LogP contribution in [-0.2, 0) is 4.74 Å². The minimum atomic E-state index is -0.246. The number of carbonyl (C=O) groups is 1. The summed E-state index contributed by atoms with van der Waals surface area (Å²) < 4.78 is 7.01. The first-order valence-corrected chi connectivity index (χ1v) is 6.75. The first-order chi connectivity index (χ1) is 9.70. The Morgan fingerprint density at radius 3 is 2.95 bits per heavy atom. The summed E-state index contributed by atoms with van der Waals surface area (Å²) in [6, 6.07) is 5.41. The van der Waals surface area contributed by atoms with E-state index in [2.05, 4.69) is 15.6 Å². The molecule has 2 aromatic rings. The van der Waals surface area contributed by atoms with E-state index in [9.17, 15) is 4.79 Å². The van der Waals surface area contributed by atoms with Crippen molar-refractivity contribution in [3.05, 3.63) is 35.2 Å². The van der Waals surface area contributed by atoms with Crippen molar-refractivity contribution in [2.75, 3.05) is 20.2 Å². The van der Waals surface area contributed by atoms with E-state index in [4.69, 9.17) is 16.3 Å². The van der Waals surface area contributed by atoms with Gasteiger partial charge in [0.05, 0.1) is 12.1 Å². The maximum atomic E-state index is 12.4. The summed E-state index contributed by atoms with van der Waals surface area (Å²) in [5.41, 5.74) is 1.000. The molecular weight excluding hydrogens is 351 g/mol. The molecule has 3 rings (SSSR count). The molecule has 122 valence electrons. The molecule has 3 heterocycles. The number of nitrogens with one attached hydrogen (secondary N) is 2. The Kier molecular flexibility index (Phi) is 6.90. The third kappa shape index (κ3) is 3.47. The summed E-state index contributed by atoms with van der Waals surface area (Å²) >= 11 is 6.08. The molecule has 2 N–H and O–H groups in total. The zero-order valence-corrected chi connectivity index (χ0v) is 14.2. The van der Waals surface area contributed by atoms with Gasteiger partial charge in [0.2, 0.25) is 0 Å². The summed E-state index contributed by atoms with van der Waals surface area (Å²) in [5.74, 6) is -0.246. The molecule has 1 aliphatic rings. The van der Waals surface area contributed by atoms with Crippen LogP contribution in [0.1, 0.15) is 10.5 Å². The van der Waals surface area contributed by atoms with Gasteiger partial charge in [0, 0.05) is 26.4 Å². The van der Waals surface area contributed by atoms with Crippen molar-refractivity contribution in [2.45, 2.75) is 12.1 Å². The monoisotopic (exact) mass is 366 g/mol. The van der Waals surface area contributed by atoms with E-state index in [1.165, 1.54) is 0 Å². The molecule has 2 atom stereocenters. The first-order valence-electron chi connectivity index (χ1n) is 6.37. The van der Waals surface area contributed by atoms with Crippen molar-refractivity contribution in [1.29, 1.82) is 0 Å². The van der Waals surface area contributed by atoms with E-state index < -0.39 is 0 Å². The second kappa shape index (κ2) is 7.99. The molecule has 0 spiro atoms. The molecule has 0 bridgehead atoms. The average Bonchev–Trinajstić information content (AvgIpc) is 3.01. The van der Waals surface area contributed by atoms with Crippen molar-refractivity contribution in [3.63, 3.8) is 0 Å². The fraction of sp³-hybridized carbons (Fsp3) is 0.385. The normalized spacial score (nSPS) is 20.3. The lowest BCUT2D eigenvalue weighted by Gasteiger charge is -2.18. The number of amides is 1. The minimum absolute atomic E-state index is 0. The van der Waals surface area contributed by atoms with E-state index >= 15 is 0 Å². The zero-order valence-electron chi connectivity index (χ0n) is 11.8. The van der Waals surface area contributed by atoms with Gasteiger partial charge in [-0.3, -0.25) is 9.20 Å². The van der Waals surface area contributed by atoms with Gasteiger partial charge >= 0.3 is 0 Å². The molecule has 0 radical (unpaired) electrons. The van der Waals surface area contributed by atoms with Crippen LogP contribution in [0.5, 0.6) is 0 Å². The molecule has 1 fully saturated rings. The Morgan fingerprint density at radius 1 is 1.45 bits per heavy atom. The highest BCUT2D eigenvalue weighted by Gasteiger charge is 2.30. The zero-order chi connectivity index (χ0) is 14.1. The molecule has 1 saturated heterocycles. The fourth-order valence-corrected chi connectivity index (χ4v) is 2.72. The Morgan fingerprint density at radius 2 is 2.23 bits per heavy atom. The van der Waals surface area contributed by atoms with Crippen LogP contribution in [0.3, 0.4) is 0 Å². The number of fused-ring (bicyclic) bond motifs is 1. The quantitative estimate of drug-likeness (QED) is 0.864. The van der Waals surface area contributed by atoms with Crippen LogP contribution >= 0.6 is 36.4 Å². The number of methoxy groups -OCH3 is 1. The summed E-state index contributed by atoms with van der Waals surface area (Å²) in [6.07, 6.45) is 1.74. The van der Waals surface area contributed by atoms with E-state index in [1.807, 2.05) is 12.1 Å². The highest BCUT2D eigenvalue weighted by molar-refractivity contribution is 6.32. The largest absolute Gasteiger partial charge is 0.378 e. The molecule has 9 heteroatoms. The number of halogens is 3. The predicted octanol–water partition coefficient (Wildman–Crippen LogP) is 1.55. The van der Waals surface area contributed by atoms with Gasteiger partial charge in [-0.2, -0.15) is 0 Å². The lowest BCUT2D eigenvalue weighted by molar-refractivity contribution is 0.0776. The fourth-order valence-electron chi connectivity index (χ4n) is 2.45. The molecule has 22 heavy (non-hydrogen) atoms. The maximum Gasteiger partial charge on any atom is 0.271 e. The lowest BCUT2D eigenvalue weighted by Crippen LogP contribution is -2.44. The molecule has 2 unspecified atom stereocenters. The number of hydrogen-bond acceptors (Lipinski definition) is 4. The smallest absolute Gasteiger partial charge is 0.271 e. The Balaban J connectivity index is 0.00000121. The predicted molar refractivity (Wildman–Crippen MR) is 89.6 cm³/mol. The van der Waals surface area contributed by atoms with Crippen LogP contribution in [0.2, 0.25) is 5.15 Å². The second-order valence-electron chi connectivity index (χ2n) is 4.69. The van der Waals surface area contributed by atoms with Crippen molar-refractivity contribution >= 4 is 48.0 Å². The van der Waals surface area contributed by atoms with Crippen LogP contribution in [0.25, 0.3) is 5.65 Å². The van der Waals surface area contributed by atoms with Gasteiger partial charge in [-0.1, -0.05) is 17.7 Å². The standard InChI is InChI=1S/C13H15ClN4O2.2ClH/c1-20-9-7-15-6-8(9)16-13(19)11-12(14)17-10-4-2-3-5-18(10)11;;/h2-5,8-9,15H,6-7H2,1H3,(H,16,19);2*1H. The number of hydrogen-bond donors (Lipinski definition) is 2. The third-order valence-electron chi connectivity index (χ3n) is 3.48. The van der Waals surface area contributed by atoms with Crippen molar-refractivity contribution in [1.82, 2.24) is 20.0 Å². The number of rotatable bonds is 3. The van der Waals surface area contributed by atoms with Crippen molar-refractivity contribution < 1.29 is 9.53 Å². The molecule has 1 aliphatic heterocycles. The Labute approximate surface area is 145 Å². The summed E-state index contributed by atoms with van der Waals surface area (Å²) in [5, 5.41) is 6.33. The number of nitrogens with zero attached hydrogens (tertiary/aromatic N) is 2. The van der Waals surface area contributed by atoms with E-state index in [1.54, 1.807) is 23.8 Å². The van der Waals surface area contributed by atoms with Crippen LogP contribution in [0.4, 0.5) is 0 Å².